The molecule has 1 amide bonds. The number of carbonyl (C=O) groups excluding carboxylic acids is 1. The summed E-state index contributed by atoms with van der Waals surface area (Å²) >= 11 is 0. The number of carbonyl (C=O) groups is 2. The van der Waals surface area contributed by atoms with E-state index in [1.165, 1.54) is 0 Å². The van der Waals surface area contributed by atoms with Crippen molar-refractivity contribution >= 4 is 11.9 Å². The van der Waals surface area contributed by atoms with Crippen molar-refractivity contribution in [2.45, 2.75) is 32.7 Å². The third-order valence-electron chi connectivity index (χ3n) is 2.88. The lowest BCUT2D eigenvalue weighted by atomic mass is 10.1. The molecule has 0 aromatic rings. The zero-order chi connectivity index (χ0) is 12.1. The normalized spacial score (nSPS) is 26.6. The monoisotopic (exact) mass is 228 g/mol. The fourth-order valence-electron chi connectivity index (χ4n) is 1.96. The second-order valence-corrected chi connectivity index (χ2v) is 4.38. The molecule has 16 heavy (non-hydrogen) atoms. The lowest BCUT2D eigenvalue weighted by molar-refractivity contribution is -0.137. The van der Waals surface area contributed by atoms with Crippen molar-refractivity contribution in [3.63, 3.8) is 0 Å². The fraction of sp³-hybridized carbons (Fsp3) is 0.818. The molecule has 0 aromatic carbocycles. The van der Waals surface area contributed by atoms with Gasteiger partial charge in [0.2, 0.25) is 5.91 Å². The van der Waals surface area contributed by atoms with Crippen LogP contribution in [0.5, 0.6) is 0 Å². The number of hydrogen-bond donors (Lipinski definition) is 2. The number of hydrogen-bond acceptors (Lipinski definition) is 3. The van der Waals surface area contributed by atoms with Gasteiger partial charge in [0.15, 0.2) is 0 Å². The van der Waals surface area contributed by atoms with Crippen molar-refractivity contribution in [1.29, 1.82) is 0 Å². The van der Waals surface area contributed by atoms with E-state index in [0.29, 0.717) is 18.9 Å². The van der Waals surface area contributed by atoms with Crippen LogP contribution in [0, 0.1) is 5.92 Å². The van der Waals surface area contributed by atoms with Gasteiger partial charge in [0.1, 0.15) is 0 Å². The quantitative estimate of drug-likeness (QED) is 0.726. The highest BCUT2D eigenvalue weighted by atomic mass is 16.4. The van der Waals surface area contributed by atoms with Crippen LogP contribution >= 0.6 is 0 Å². The van der Waals surface area contributed by atoms with Crippen LogP contribution in [0.2, 0.25) is 0 Å². The highest BCUT2D eigenvalue weighted by molar-refractivity contribution is 5.82. The summed E-state index contributed by atoms with van der Waals surface area (Å²) < 4.78 is 0. The lowest BCUT2D eigenvalue weighted by Gasteiger charge is -2.23. The molecule has 0 radical (unpaired) electrons. The van der Waals surface area contributed by atoms with Gasteiger partial charge in [-0.1, -0.05) is 6.92 Å². The highest BCUT2D eigenvalue weighted by Crippen LogP contribution is 2.10. The molecule has 0 saturated carbocycles. The predicted molar refractivity (Wildman–Crippen MR) is 60.1 cm³/mol. The Bertz CT molecular complexity index is 268. The summed E-state index contributed by atoms with van der Waals surface area (Å²) in [7, 11) is 0. The van der Waals surface area contributed by atoms with Crippen LogP contribution in [0.3, 0.4) is 0 Å². The molecule has 0 aliphatic carbocycles. The van der Waals surface area contributed by atoms with Gasteiger partial charge in [-0.15, -0.1) is 0 Å². The molecule has 1 aliphatic heterocycles. The summed E-state index contributed by atoms with van der Waals surface area (Å²) in [5.41, 5.74) is 0. The summed E-state index contributed by atoms with van der Waals surface area (Å²) in [5, 5.41) is 11.8. The van der Waals surface area contributed by atoms with Gasteiger partial charge in [0.05, 0.1) is 6.04 Å². The van der Waals surface area contributed by atoms with E-state index < -0.39 is 5.97 Å². The molecule has 2 unspecified atom stereocenters. The Morgan fingerprint density at radius 3 is 2.88 bits per heavy atom. The molecule has 0 bridgehead atoms. The van der Waals surface area contributed by atoms with Gasteiger partial charge in [-0.3, -0.25) is 9.59 Å². The number of rotatable bonds is 4. The van der Waals surface area contributed by atoms with Gasteiger partial charge in [-0.25, -0.2) is 0 Å². The van der Waals surface area contributed by atoms with Crippen LogP contribution in [-0.4, -0.2) is 47.6 Å². The minimum Gasteiger partial charge on any atom is -0.481 e. The molecule has 1 saturated heterocycles. The Morgan fingerprint density at radius 1 is 1.62 bits per heavy atom. The van der Waals surface area contributed by atoms with Crippen LogP contribution in [0.25, 0.3) is 0 Å². The van der Waals surface area contributed by atoms with E-state index in [4.69, 9.17) is 5.11 Å². The van der Waals surface area contributed by atoms with Crippen LogP contribution in [-0.2, 0) is 9.59 Å². The maximum absolute atomic E-state index is 12.0. The zero-order valence-electron chi connectivity index (χ0n) is 9.90. The predicted octanol–water partition coefficient (Wildman–Crippen LogP) is 0.308. The smallest absolute Gasteiger partial charge is 0.303 e. The van der Waals surface area contributed by atoms with Crippen molar-refractivity contribution < 1.29 is 14.7 Å². The largest absolute Gasteiger partial charge is 0.481 e. The Kier molecular flexibility index (Phi) is 4.73. The average molecular weight is 228 g/mol. The molecule has 1 rings (SSSR count). The van der Waals surface area contributed by atoms with Gasteiger partial charge < -0.3 is 15.3 Å². The number of nitrogens with zero attached hydrogens (tertiary/aromatic N) is 1. The first-order chi connectivity index (χ1) is 7.54. The summed E-state index contributed by atoms with van der Waals surface area (Å²) in [6.07, 6.45) is 0.409. The first-order valence-electron chi connectivity index (χ1n) is 5.78. The van der Waals surface area contributed by atoms with E-state index in [1.54, 1.807) is 4.90 Å². The number of nitrogens with one attached hydrogen (secondary N) is 1. The van der Waals surface area contributed by atoms with Crippen LogP contribution in [0.1, 0.15) is 26.7 Å². The molecule has 1 fully saturated rings. The number of carboxylic acids is 1. The van der Waals surface area contributed by atoms with Crippen molar-refractivity contribution in [1.82, 2.24) is 10.2 Å². The number of carboxylic acid groups (broad SMARTS) is 1. The molecule has 1 heterocycles. The summed E-state index contributed by atoms with van der Waals surface area (Å²) in [6, 6.07) is -0.332. The number of likely N-dealkylation sites (N-methyl/N-ethyl adjacent to an activating group) is 1. The van der Waals surface area contributed by atoms with Crippen molar-refractivity contribution in [3.05, 3.63) is 0 Å². The molecular formula is C11H20N2O3. The van der Waals surface area contributed by atoms with E-state index >= 15 is 0 Å². The maximum atomic E-state index is 12.0. The molecule has 0 spiro atoms. The zero-order valence-corrected chi connectivity index (χ0v) is 9.90. The summed E-state index contributed by atoms with van der Waals surface area (Å²) in [6.45, 7) is 6.25. The van der Waals surface area contributed by atoms with E-state index in [1.807, 2.05) is 6.92 Å². The van der Waals surface area contributed by atoms with Crippen LogP contribution in [0.15, 0.2) is 0 Å². The summed E-state index contributed by atoms with van der Waals surface area (Å²) in [5.74, 6) is -0.401. The fourth-order valence-corrected chi connectivity index (χ4v) is 1.96. The number of aliphatic carboxylic acids is 1. The average Bonchev–Trinajstić information content (AvgIpc) is 2.36. The molecule has 2 N–H and O–H groups in total. The van der Waals surface area contributed by atoms with Crippen molar-refractivity contribution in [2.24, 2.45) is 5.92 Å². The molecule has 5 nitrogen and oxygen atoms in total. The maximum Gasteiger partial charge on any atom is 0.303 e. The number of amides is 1. The van der Waals surface area contributed by atoms with Gasteiger partial charge in [-0.2, -0.15) is 0 Å². The molecule has 0 aromatic heterocycles. The van der Waals surface area contributed by atoms with Crippen molar-refractivity contribution in [2.75, 3.05) is 19.6 Å². The van der Waals surface area contributed by atoms with Gasteiger partial charge >= 0.3 is 5.97 Å². The van der Waals surface area contributed by atoms with Crippen molar-refractivity contribution in [3.8, 4) is 0 Å². The van der Waals surface area contributed by atoms with Gasteiger partial charge in [0, 0.05) is 26.1 Å². The first kappa shape index (κ1) is 13.0. The third kappa shape index (κ3) is 3.48. The highest BCUT2D eigenvalue weighted by Gasteiger charge is 2.28. The molecule has 5 heteroatoms. The Hall–Kier alpha value is -1.10. The molecule has 92 valence electrons. The van der Waals surface area contributed by atoms with Gasteiger partial charge in [-0.05, 0) is 19.3 Å². The Balaban J connectivity index is 2.60. The van der Waals surface area contributed by atoms with Crippen LogP contribution < -0.4 is 5.32 Å². The van der Waals surface area contributed by atoms with E-state index in [9.17, 15) is 9.59 Å². The Morgan fingerprint density at radius 2 is 2.31 bits per heavy atom. The van der Waals surface area contributed by atoms with Gasteiger partial charge in [0.25, 0.3) is 0 Å². The van der Waals surface area contributed by atoms with Crippen LogP contribution in [0.4, 0.5) is 0 Å². The van der Waals surface area contributed by atoms with E-state index in [2.05, 4.69) is 12.2 Å². The molecule has 1 aliphatic rings. The van der Waals surface area contributed by atoms with E-state index in [-0.39, 0.29) is 18.4 Å². The van der Waals surface area contributed by atoms with E-state index in [0.717, 1.165) is 13.1 Å². The summed E-state index contributed by atoms with van der Waals surface area (Å²) in [4.78, 5) is 24.3. The third-order valence-corrected chi connectivity index (χ3v) is 2.88. The second-order valence-electron chi connectivity index (χ2n) is 4.38. The second kappa shape index (κ2) is 5.84. The standard InChI is InChI=1S/C11H20N2O3/c1-3-13-7-8(2)6-12-9(11(13)16)4-5-10(14)15/h8-9,12H,3-7H2,1-2H3,(H,14,15). The SMILES string of the molecule is CCN1CC(C)CNC(CCC(=O)O)C1=O. The minimum atomic E-state index is -0.852. The Labute approximate surface area is 95.8 Å². The minimum absolute atomic E-state index is 0.0353. The first-order valence-corrected chi connectivity index (χ1v) is 5.78. The lowest BCUT2D eigenvalue weighted by Crippen LogP contribution is -2.43. The molecular weight excluding hydrogens is 208 g/mol. The topological polar surface area (TPSA) is 69.6 Å². The molecule has 2 atom stereocenters.